The predicted molar refractivity (Wildman–Crippen MR) is 113 cm³/mol. The van der Waals surface area contributed by atoms with Crippen LogP contribution >= 0.6 is 0 Å². The zero-order valence-electron chi connectivity index (χ0n) is 17.7. The summed E-state index contributed by atoms with van der Waals surface area (Å²) in [4.78, 5) is 54.3. The van der Waals surface area contributed by atoms with Gasteiger partial charge in [-0.05, 0) is 24.3 Å². The first-order valence-corrected chi connectivity index (χ1v) is 10.3. The van der Waals surface area contributed by atoms with Gasteiger partial charge in [-0.15, -0.1) is 0 Å². The second-order valence-electron chi connectivity index (χ2n) is 7.44. The maximum absolute atomic E-state index is 12.7. The van der Waals surface area contributed by atoms with E-state index < -0.39 is 11.8 Å². The number of hydrogen-bond donors (Lipinski definition) is 0. The van der Waals surface area contributed by atoms with Gasteiger partial charge in [0.15, 0.2) is 18.1 Å². The summed E-state index contributed by atoms with van der Waals surface area (Å²) in [5.41, 5.74) is 0.631. The average Bonchev–Trinajstić information content (AvgIpc) is 3.07. The van der Waals surface area contributed by atoms with E-state index in [0.29, 0.717) is 48.8 Å². The summed E-state index contributed by atoms with van der Waals surface area (Å²) < 4.78 is 10.8. The molecule has 0 spiro atoms. The Balaban J connectivity index is 1.27. The summed E-state index contributed by atoms with van der Waals surface area (Å²) in [6.07, 6.45) is 0. The molecule has 4 amide bonds. The number of rotatable bonds is 6. The van der Waals surface area contributed by atoms with Gasteiger partial charge >= 0.3 is 0 Å². The molecule has 2 aliphatic rings. The molecule has 2 aromatic carbocycles. The molecule has 1 saturated heterocycles. The number of carbonyl (C=O) groups is 4. The molecule has 2 aliphatic heterocycles. The number of fused-ring (bicyclic) bond motifs is 1. The Hall–Kier alpha value is -3.88. The third kappa shape index (κ3) is 4.14. The number of imide groups is 1. The molecule has 32 heavy (non-hydrogen) atoms. The number of ether oxygens (including phenoxy) is 2. The maximum atomic E-state index is 12.7. The largest absolute Gasteiger partial charge is 0.493 e. The normalized spacial score (nSPS) is 15.6. The number of piperazine rings is 1. The summed E-state index contributed by atoms with van der Waals surface area (Å²) in [5.74, 6) is -0.398. The second kappa shape index (κ2) is 9.09. The fourth-order valence-corrected chi connectivity index (χ4v) is 3.79. The predicted octanol–water partition coefficient (Wildman–Crippen LogP) is 1.04. The first-order chi connectivity index (χ1) is 15.5. The maximum Gasteiger partial charge on any atom is 0.262 e. The number of hydrogen-bond acceptors (Lipinski definition) is 6. The van der Waals surface area contributed by atoms with Gasteiger partial charge in [0.1, 0.15) is 6.54 Å². The van der Waals surface area contributed by atoms with Crippen molar-refractivity contribution in [2.45, 2.75) is 0 Å². The van der Waals surface area contributed by atoms with Gasteiger partial charge in [0.05, 0.1) is 18.2 Å². The second-order valence-corrected chi connectivity index (χ2v) is 7.44. The third-order valence-corrected chi connectivity index (χ3v) is 5.58. The van der Waals surface area contributed by atoms with E-state index in [1.54, 1.807) is 52.3 Å². The van der Waals surface area contributed by atoms with E-state index in [1.807, 2.05) is 6.07 Å². The van der Waals surface area contributed by atoms with Crippen LogP contribution in [0.1, 0.15) is 20.7 Å². The number of carbonyl (C=O) groups excluding carboxylic acids is 4. The lowest BCUT2D eigenvalue weighted by Gasteiger charge is -2.35. The molecule has 4 rings (SSSR count). The molecular formula is C23H23N3O6. The Kier molecular flexibility index (Phi) is 6.07. The Morgan fingerprint density at radius 3 is 1.84 bits per heavy atom. The SMILES string of the molecule is COc1ccccc1OCC(=O)N1CCN(C(=O)CN2C(=O)c3ccccc3C2=O)CC1. The van der Waals surface area contributed by atoms with Crippen LogP contribution in [-0.4, -0.2) is 84.8 Å². The van der Waals surface area contributed by atoms with Crippen molar-refractivity contribution in [3.63, 3.8) is 0 Å². The Morgan fingerprint density at radius 1 is 0.781 bits per heavy atom. The summed E-state index contributed by atoms with van der Waals surface area (Å²) in [7, 11) is 1.53. The van der Waals surface area contributed by atoms with E-state index in [1.165, 1.54) is 7.11 Å². The summed E-state index contributed by atoms with van der Waals surface area (Å²) in [5, 5.41) is 0. The van der Waals surface area contributed by atoms with Crippen LogP contribution in [0, 0.1) is 0 Å². The number of nitrogens with zero attached hydrogens (tertiary/aromatic N) is 3. The van der Waals surface area contributed by atoms with E-state index in [-0.39, 0.29) is 25.0 Å². The third-order valence-electron chi connectivity index (χ3n) is 5.58. The lowest BCUT2D eigenvalue weighted by molar-refractivity contribution is -0.140. The zero-order chi connectivity index (χ0) is 22.7. The van der Waals surface area contributed by atoms with Crippen molar-refractivity contribution in [3.05, 3.63) is 59.7 Å². The van der Waals surface area contributed by atoms with Crippen molar-refractivity contribution >= 4 is 23.6 Å². The van der Waals surface area contributed by atoms with Crippen molar-refractivity contribution in [3.8, 4) is 11.5 Å². The van der Waals surface area contributed by atoms with Crippen molar-refractivity contribution < 1.29 is 28.7 Å². The van der Waals surface area contributed by atoms with Gasteiger partial charge in [-0.25, -0.2) is 0 Å². The quantitative estimate of drug-likeness (QED) is 0.627. The molecule has 0 N–H and O–H groups in total. The van der Waals surface area contributed by atoms with Gasteiger partial charge in [0.25, 0.3) is 17.7 Å². The van der Waals surface area contributed by atoms with Crippen LogP contribution < -0.4 is 9.47 Å². The fraction of sp³-hybridized carbons (Fsp3) is 0.304. The van der Waals surface area contributed by atoms with Crippen molar-refractivity contribution in [1.82, 2.24) is 14.7 Å². The average molecular weight is 437 g/mol. The first-order valence-electron chi connectivity index (χ1n) is 10.3. The standard InChI is InChI=1S/C23H23N3O6/c1-31-18-8-4-5-9-19(18)32-15-21(28)25-12-10-24(11-13-25)20(27)14-26-22(29)16-6-2-3-7-17(16)23(26)30/h2-9H,10-15H2,1H3. The first kappa shape index (κ1) is 21.4. The van der Waals surface area contributed by atoms with Crippen molar-refractivity contribution in [2.24, 2.45) is 0 Å². The minimum Gasteiger partial charge on any atom is -0.493 e. The lowest BCUT2D eigenvalue weighted by atomic mass is 10.1. The van der Waals surface area contributed by atoms with Crippen LogP contribution in [0.4, 0.5) is 0 Å². The molecule has 0 radical (unpaired) electrons. The highest BCUT2D eigenvalue weighted by Crippen LogP contribution is 2.26. The van der Waals surface area contributed by atoms with Crippen LogP contribution in [-0.2, 0) is 9.59 Å². The van der Waals surface area contributed by atoms with Crippen LogP contribution in [0.2, 0.25) is 0 Å². The number of amides is 4. The minimum absolute atomic E-state index is 0.136. The van der Waals surface area contributed by atoms with E-state index in [2.05, 4.69) is 0 Å². The molecule has 0 saturated carbocycles. The highest BCUT2D eigenvalue weighted by Gasteiger charge is 2.37. The molecular weight excluding hydrogens is 414 g/mol. The molecule has 0 bridgehead atoms. The highest BCUT2D eigenvalue weighted by molar-refractivity contribution is 6.22. The van der Waals surface area contributed by atoms with Crippen LogP contribution in [0.5, 0.6) is 11.5 Å². The number of para-hydroxylation sites is 2. The van der Waals surface area contributed by atoms with Crippen LogP contribution in [0.25, 0.3) is 0 Å². The molecule has 2 aromatic rings. The number of benzene rings is 2. The molecule has 166 valence electrons. The van der Waals surface area contributed by atoms with Gasteiger partial charge in [-0.2, -0.15) is 0 Å². The van der Waals surface area contributed by atoms with Gasteiger partial charge in [-0.3, -0.25) is 24.1 Å². The van der Waals surface area contributed by atoms with Gasteiger partial charge in [-0.1, -0.05) is 24.3 Å². The topological polar surface area (TPSA) is 96.5 Å². The van der Waals surface area contributed by atoms with Crippen LogP contribution in [0.3, 0.4) is 0 Å². The Bertz CT molecular complexity index is 1030. The molecule has 0 aliphatic carbocycles. The molecule has 0 aromatic heterocycles. The summed E-state index contributed by atoms with van der Waals surface area (Å²) in [6, 6.07) is 13.6. The molecule has 1 fully saturated rings. The monoisotopic (exact) mass is 437 g/mol. The minimum atomic E-state index is -0.457. The molecule has 0 atom stereocenters. The fourth-order valence-electron chi connectivity index (χ4n) is 3.79. The van der Waals surface area contributed by atoms with Gasteiger partial charge in [0.2, 0.25) is 5.91 Å². The van der Waals surface area contributed by atoms with Gasteiger partial charge in [0, 0.05) is 26.2 Å². The van der Waals surface area contributed by atoms with Crippen molar-refractivity contribution in [2.75, 3.05) is 46.4 Å². The van der Waals surface area contributed by atoms with E-state index in [9.17, 15) is 19.2 Å². The molecule has 9 nitrogen and oxygen atoms in total. The molecule has 0 unspecified atom stereocenters. The molecule has 9 heteroatoms. The summed E-state index contributed by atoms with van der Waals surface area (Å²) in [6.45, 7) is 0.898. The zero-order valence-corrected chi connectivity index (χ0v) is 17.7. The Morgan fingerprint density at radius 2 is 1.28 bits per heavy atom. The summed E-state index contributed by atoms with van der Waals surface area (Å²) >= 11 is 0. The van der Waals surface area contributed by atoms with Gasteiger partial charge < -0.3 is 19.3 Å². The molecule has 2 heterocycles. The Labute approximate surface area is 185 Å². The highest BCUT2D eigenvalue weighted by atomic mass is 16.5. The van der Waals surface area contributed by atoms with E-state index in [0.717, 1.165) is 4.90 Å². The van der Waals surface area contributed by atoms with Crippen molar-refractivity contribution in [1.29, 1.82) is 0 Å². The van der Waals surface area contributed by atoms with E-state index >= 15 is 0 Å². The van der Waals surface area contributed by atoms with Crippen LogP contribution in [0.15, 0.2) is 48.5 Å². The number of methoxy groups -OCH3 is 1. The lowest BCUT2D eigenvalue weighted by Crippen LogP contribution is -2.53. The van der Waals surface area contributed by atoms with E-state index in [4.69, 9.17) is 9.47 Å². The smallest absolute Gasteiger partial charge is 0.262 e.